The second-order valence-corrected chi connectivity index (χ2v) is 4.34. The van der Waals surface area contributed by atoms with Gasteiger partial charge in [-0.2, -0.15) is 0 Å². The first-order chi connectivity index (χ1) is 7.72. The first-order valence-electron chi connectivity index (χ1n) is 6.60. The molecule has 0 aliphatic carbocycles. The Kier molecular flexibility index (Phi) is 10.2. The average molecular weight is 226 g/mol. The first-order valence-corrected chi connectivity index (χ1v) is 6.60. The van der Waals surface area contributed by atoms with Gasteiger partial charge in [0.05, 0.1) is 5.92 Å². The summed E-state index contributed by atoms with van der Waals surface area (Å²) in [4.78, 5) is 10.8. The van der Waals surface area contributed by atoms with Gasteiger partial charge in [0.15, 0.2) is 0 Å². The van der Waals surface area contributed by atoms with Crippen LogP contribution in [0.5, 0.6) is 0 Å². The zero-order chi connectivity index (χ0) is 12.2. The van der Waals surface area contributed by atoms with Gasteiger partial charge in [0, 0.05) is 0 Å². The first kappa shape index (κ1) is 15.2. The van der Waals surface area contributed by atoms with E-state index < -0.39 is 5.97 Å². The average Bonchev–Trinajstić information content (AvgIpc) is 2.26. The van der Waals surface area contributed by atoms with E-state index in [0.717, 1.165) is 32.1 Å². The molecule has 0 bridgehead atoms. The van der Waals surface area contributed by atoms with Gasteiger partial charge in [-0.3, -0.25) is 4.79 Å². The predicted molar refractivity (Wildman–Crippen MR) is 68.5 cm³/mol. The smallest absolute Gasteiger partial charge is 0.306 e. The fraction of sp³-hybridized carbons (Fsp3) is 0.786. The van der Waals surface area contributed by atoms with Gasteiger partial charge in [-0.25, -0.2) is 0 Å². The number of aliphatic carboxylic acids is 1. The van der Waals surface area contributed by atoms with E-state index in [1.165, 1.54) is 19.3 Å². The molecule has 1 atom stereocenters. The van der Waals surface area contributed by atoms with Crippen molar-refractivity contribution < 1.29 is 9.90 Å². The summed E-state index contributed by atoms with van der Waals surface area (Å²) in [5.74, 6) is -0.773. The van der Waals surface area contributed by atoms with Crippen molar-refractivity contribution in [2.75, 3.05) is 0 Å². The standard InChI is InChI=1S/C14H26O2/c1-3-5-6-7-8-9-10-11-12-13(4-2)14(15)16/h7-8,13H,3-6,9-12H2,1-2H3,(H,15,16). The van der Waals surface area contributed by atoms with Gasteiger partial charge in [0.2, 0.25) is 0 Å². The van der Waals surface area contributed by atoms with Crippen LogP contribution in [0.15, 0.2) is 12.2 Å². The van der Waals surface area contributed by atoms with Crippen LogP contribution in [0.25, 0.3) is 0 Å². The van der Waals surface area contributed by atoms with E-state index in [-0.39, 0.29) is 5.92 Å². The number of hydrogen-bond donors (Lipinski definition) is 1. The molecule has 0 radical (unpaired) electrons. The summed E-state index contributed by atoms with van der Waals surface area (Å²) in [6.45, 7) is 4.15. The number of rotatable bonds is 10. The number of carboxylic acid groups (broad SMARTS) is 1. The summed E-state index contributed by atoms with van der Waals surface area (Å²) in [5.41, 5.74) is 0. The lowest BCUT2D eigenvalue weighted by atomic mass is 9.99. The maximum Gasteiger partial charge on any atom is 0.306 e. The molecule has 0 amide bonds. The van der Waals surface area contributed by atoms with Gasteiger partial charge in [0.25, 0.3) is 0 Å². The molecule has 0 spiro atoms. The minimum absolute atomic E-state index is 0.135. The molecule has 2 heteroatoms. The molecule has 0 aliphatic heterocycles. The minimum Gasteiger partial charge on any atom is -0.481 e. The summed E-state index contributed by atoms with van der Waals surface area (Å²) in [5, 5.41) is 8.86. The Balaban J connectivity index is 3.38. The molecular formula is C14H26O2. The molecule has 0 saturated carbocycles. The van der Waals surface area contributed by atoms with Crippen molar-refractivity contribution in [1.82, 2.24) is 0 Å². The van der Waals surface area contributed by atoms with Crippen LogP contribution in [-0.2, 0) is 4.79 Å². The van der Waals surface area contributed by atoms with Crippen LogP contribution < -0.4 is 0 Å². The van der Waals surface area contributed by atoms with Crippen LogP contribution in [0.3, 0.4) is 0 Å². The van der Waals surface area contributed by atoms with E-state index in [4.69, 9.17) is 5.11 Å². The van der Waals surface area contributed by atoms with Gasteiger partial charge < -0.3 is 5.11 Å². The number of carbonyl (C=O) groups is 1. The van der Waals surface area contributed by atoms with Gasteiger partial charge in [-0.1, -0.05) is 45.3 Å². The van der Waals surface area contributed by atoms with Crippen molar-refractivity contribution in [3.05, 3.63) is 12.2 Å². The lowest BCUT2D eigenvalue weighted by Crippen LogP contribution is -2.12. The van der Waals surface area contributed by atoms with Crippen molar-refractivity contribution in [1.29, 1.82) is 0 Å². The molecule has 0 fully saturated rings. The summed E-state index contributed by atoms with van der Waals surface area (Å²) in [6, 6.07) is 0. The Morgan fingerprint density at radius 1 is 1.12 bits per heavy atom. The molecule has 94 valence electrons. The quantitative estimate of drug-likeness (QED) is 0.442. The van der Waals surface area contributed by atoms with Crippen LogP contribution >= 0.6 is 0 Å². The topological polar surface area (TPSA) is 37.3 Å². The lowest BCUT2D eigenvalue weighted by molar-refractivity contribution is -0.142. The highest BCUT2D eigenvalue weighted by Gasteiger charge is 2.13. The fourth-order valence-corrected chi connectivity index (χ4v) is 1.71. The molecule has 0 aromatic heterocycles. The van der Waals surface area contributed by atoms with Gasteiger partial charge in [-0.15, -0.1) is 0 Å². The lowest BCUT2D eigenvalue weighted by Gasteiger charge is -2.07. The molecule has 0 heterocycles. The maximum atomic E-state index is 10.8. The number of carboxylic acids is 1. The number of unbranched alkanes of at least 4 members (excludes halogenated alkanes) is 4. The third kappa shape index (κ3) is 8.51. The van der Waals surface area contributed by atoms with E-state index in [2.05, 4.69) is 19.1 Å². The van der Waals surface area contributed by atoms with Crippen LogP contribution in [0.4, 0.5) is 0 Å². The Morgan fingerprint density at radius 3 is 2.25 bits per heavy atom. The van der Waals surface area contributed by atoms with E-state index in [1.54, 1.807) is 0 Å². The van der Waals surface area contributed by atoms with E-state index in [0.29, 0.717) is 0 Å². The molecule has 0 aliphatic rings. The second kappa shape index (κ2) is 10.7. The predicted octanol–water partition coefficient (Wildman–Crippen LogP) is 4.40. The molecule has 1 N–H and O–H groups in total. The Hall–Kier alpha value is -0.790. The van der Waals surface area contributed by atoms with Crippen molar-refractivity contribution in [3.8, 4) is 0 Å². The Morgan fingerprint density at radius 2 is 1.75 bits per heavy atom. The molecule has 2 nitrogen and oxygen atoms in total. The summed E-state index contributed by atoms with van der Waals surface area (Å²) in [6.07, 6.45) is 13.0. The van der Waals surface area contributed by atoms with Gasteiger partial charge in [0.1, 0.15) is 0 Å². The molecule has 0 aromatic rings. The molecule has 0 saturated heterocycles. The maximum absolute atomic E-state index is 10.8. The largest absolute Gasteiger partial charge is 0.481 e. The monoisotopic (exact) mass is 226 g/mol. The highest BCUT2D eigenvalue weighted by molar-refractivity contribution is 5.69. The SMILES string of the molecule is CCCCC=CCCCCC(CC)C(=O)O. The van der Waals surface area contributed by atoms with Gasteiger partial charge in [-0.05, 0) is 32.1 Å². The molecule has 16 heavy (non-hydrogen) atoms. The highest BCUT2D eigenvalue weighted by atomic mass is 16.4. The third-order valence-corrected chi connectivity index (χ3v) is 2.91. The summed E-state index contributed by atoms with van der Waals surface area (Å²) >= 11 is 0. The van der Waals surface area contributed by atoms with Crippen LogP contribution in [0, 0.1) is 5.92 Å². The van der Waals surface area contributed by atoms with E-state index >= 15 is 0 Å². The summed E-state index contributed by atoms with van der Waals surface area (Å²) in [7, 11) is 0. The van der Waals surface area contributed by atoms with E-state index in [9.17, 15) is 4.79 Å². The third-order valence-electron chi connectivity index (χ3n) is 2.91. The van der Waals surface area contributed by atoms with E-state index in [1.807, 2.05) is 6.92 Å². The highest BCUT2D eigenvalue weighted by Crippen LogP contribution is 2.13. The Bertz CT molecular complexity index is 197. The fourth-order valence-electron chi connectivity index (χ4n) is 1.71. The molecular weight excluding hydrogens is 200 g/mol. The second-order valence-electron chi connectivity index (χ2n) is 4.34. The van der Waals surface area contributed by atoms with Gasteiger partial charge >= 0.3 is 5.97 Å². The molecule has 0 aromatic carbocycles. The van der Waals surface area contributed by atoms with Crippen molar-refractivity contribution in [2.45, 2.75) is 65.2 Å². The van der Waals surface area contributed by atoms with Crippen LogP contribution in [0.1, 0.15) is 65.2 Å². The normalized spacial score (nSPS) is 13.1. The zero-order valence-electron chi connectivity index (χ0n) is 10.7. The molecule has 0 rings (SSSR count). The number of hydrogen-bond acceptors (Lipinski definition) is 1. The minimum atomic E-state index is -0.638. The summed E-state index contributed by atoms with van der Waals surface area (Å²) < 4.78 is 0. The van der Waals surface area contributed by atoms with Crippen molar-refractivity contribution in [3.63, 3.8) is 0 Å². The van der Waals surface area contributed by atoms with Crippen molar-refractivity contribution in [2.24, 2.45) is 5.92 Å². The van der Waals surface area contributed by atoms with Crippen molar-refractivity contribution >= 4 is 5.97 Å². The zero-order valence-corrected chi connectivity index (χ0v) is 10.7. The van der Waals surface area contributed by atoms with Crippen LogP contribution in [-0.4, -0.2) is 11.1 Å². The Labute approximate surface area is 99.7 Å². The number of allylic oxidation sites excluding steroid dienone is 2. The molecule has 1 unspecified atom stereocenters. The van der Waals surface area contributed by atoms with Crippen LogP contribution in [0.2, 0.25) is 0 Å².